The summed E-state index contributed by atoms with van der Waals surface area (Å²) in [5.74, 6) is 0.483. The van der Waals surface area contributed by atoms with Gasteiger partial charge >= 0.3 is 12.2 Å². The smallest absolute Gasteiger partial charge is 0.407 e. The minimum Gasteiger partial charge on any atom is -0.465 e. The Bertz CT molecular complexity index is 275. The van der Waals surface area contributed by atoms with Crippen molar-refractivity contribution in [3.8, 4) is 0 Å². The molecule has 1 rings (SSSR count). The van der Waals surface area contributed by atoms with Crippen LogP contribution >= 0.6 is 11.6 Å². The number of halogens is 1. The van der Waals surface area contributed by atoms with Crippen molar-refractivity contribution in [2.75, 3.05) is 25.5 Å². The summed E-state index contributed by atoms with van der Waals surface area (Å²) in [6, 6.07) is 0. The molecule has 98 valence electrons. The fourth-order valence-corrected chi connectivity index (χ4v) is 1.79. The first-order chi connectivity index (χ1) is 8.13. The van der Waals surface area contributed by atoms with Gasteiger partial charge in [0, 0.05) is 19.0 Å². The molecular formula is C10H17ClN2O4. The third-order valence-corrected chi connectivity index (χ3v) is 2.77. The molecule has 0 spiro atoms. The average molecular weight is 265 g/mol. The van der Waals surface area contributed by atoms with E-state index in [1.54, 1.807) is 0 Å². The number of alkyl carbamates (subject to hydrolysis) is 1. The van der Waals surface area contributed by atoms with Gasteiger partial charge in [0.05, 0.1) is 6.54 Å². The van der Waals surface area contributed by atoms with Crippen molar-refractivity contribution in [2.45, 2.75) is 25.4 Å². The number of hydrogen-bond acceptors (Lipinski definition) is 3. The molecule has 6 nitrogen and oxygen atoms in total. The van der Waals surface area contributed by atoms with Crippen molar-refractivity contribution in [1.82, 2.24) is 10.2 Å². The predicted octanol–water partition coefficient (Wildman–Crippen LogP) is 1.48. The number of alkyl halides is 1. The summed E-state index contributed by atoms with van der Waals surface area (Å²) < 4.78 is 5.12. The first kappa shape index (κ1) is 13.9. The van der Waals surface area contributed by atoms with Crippen molar-refractivity contribution < 1.29 is 19.4 Å². The Morgan fingerprint density at radius 1 is 1.53 bits per heavy atom. The Morgan fingerprint density at radius 2 is 2.29 bits per heavy atom. The van der Waals surface area contributed by atoms with Gasteiger partial charge in [-0.05, 0) is 19.3 Å². The highest BCUT2D eigenvalue weighted by Crippen LogP contribution is 2.13. The van der Waals surface area contributed by atoms with Gasteiger partial charge in [0.2, 0.25) is 0 Å². The number of hydrogen-bond donors (Lipinski definition) is 2. The highest BCUT2D eigenvalue weighted by atomic mass is 35.5. The van der Waals surface area contributed by atoms with Crippen LogP contribution in [0.3, 0.4) is 0 Å². The summed E-state index contributed by atoms with van der Waals surface area (Å²) in [4.78, 5) is 23.3. The van der Waals surface area contributed by atoms with Crippen LogP contribution in [0.5, 0.6) is 0 Å². The van der Waals surface area contributed by atoms with Crippen LogP contribution in [0.25, 0.3) is 0 Å². The zero-order chi connectivity index (χ0) is 12.7. The lowest BCUT2D eigenvalue weighted by Crippen LogP contribution is -2.44. The van der Waals surface area contributed by atoms with E-state index in [0.29, 0.717) is 38.2 Å². The second kappa shape index (κ2) is 7.21. The molecule has 1 saturated heterocycles. The number of carbonyl (C=O) groups excluding carboxylic acids is 1. The summed E-state index contributed by atoms with van der Waals surface area (Å²) in [6.45, 7) is 1.22. The lowest BCUT2D eigenvalue weighted by molar-refractivity contribution is 0.0425. The number of nitrogens with one attached hydrogen (secondary N) is 1. The van der Waals surface area contributed by atoms with Crippen LogP contribution in [0.4, 0.5) is 9.59 Å². The molecule has 0 aromatic rings. The van der Waals surface area contributed by atoms with Gasteiger partial charge in [0.1, 0.15) is 6.10 Å². The number of carbonyl (C=O) groups is 2. The molecule has 0 aliphatic carbocycles. The standard InChI is InChI=1S/C10H17ClN2O4/c11-4-2-5-12-9(14)17-8-3-1-6-13(7-8)10(15)16/h8H,1-7H2,(H,12,14)(H,15,16)/t8-/m1/s1. The molecule has 0 aromatic carbocycles. The van der Waals surface area contributed by atoms with E-state index in [-0.39, 0.29) is 12.6 Å². The molecule has 2 amide bonds. The van der Waals surface area contributed by atoms with Gasteiger partial charge in [0.25, 0.3) is 0 Å². The monoisotopic (exact) mass is 264 g/mol. The van der Waals surface area contributed by atoms with Crippen molar-refractivity contribution in [3.05, 3.63) is 0 Å². The van der Waals surface area contributed by atoms with E-state index in [1.165, 1.54) is 4.90 Å². The van der Waals surface area contributed by atoms with Crippen LogP contribution in [0.1, 0.15) is 19.3 Å². The number of carboxylic acid groups (broad SMARTS) is 1. The Labute approximate surface area is 105 Å². The predicted molar refractivity (Wildman–Crippen MR) is 62.4 cm³/mol. The van der Waals surface area contributed by atoms with Gasteiger partial charge in [-0.3, -0.25) is 0 Å². The molecule has 1 fully saturated rings. The lowest BCUT2D eigenvalue weighted by atomic mass is 10.1. The fraction of sp³-hybridized carbons (Fsp3) is 0.800. The number of amides is 2. The van der Waals surface area contributed by atoms with Crippen LogP contribution in [-0.4, -0.2) is 53.8 Å². The van der Waals surface area contributed by atoms with E-state index in [4.69, 9.17) is 21.4 Å². The fourth-order valence-electron chi connectivity index (χ4n) is 1.66. The van der Waals surface area contributed by atoms with Gasteiger partial charge in [-0.2, -0.15) is 0 Å². The van der Waals surface area contributed by atoms with Crippen molar-refractivity contribution in [3.63, 3.8) is 0 Å². The zero-order valence-electron chi connectivity index (χ0n) is 9.52. The Kier molecular flexibility index (Phi) is 5.90. The minimum atomic E-state index is -0.971. The molecule has 1 aliphatic rings. The molecule has 7 heteroatoms. The third kappa shape index (κ3) is 5.12. The van der Waals surface area contributed by atoms with E-state index >= 15 is 0 Å². The maximum absolute atomic E-state index is 11.3. The first-order valence-electron chi connectivity index (χ1n) is 5.62. The molecule has 0 bridgehead atoms. The summed E-state index contributed by atoms with van der Waals surface area (Å²) in [6.07, 6.45) is 0.269. The van der Waals surface area contributed by atoms with Crippen LogP contribution in [0.2, 0.25) is 0 Å². The van der Waals surface area contributed by atoms with Crippen molar-refractivity contribution >= 4 is 23.8 Å². The average Bonchev–Trinajstić information content (AvgIpc) is 2.29. The molecule has 1 heterocycles. The van der Waals surface area contributed by atoms with E-state index < -0.39 is 12.2 Å². The second-order valence-electron chi connectivity index (χ2n) is 3.87. The number of nitrogens with zero attached hydrogens (tertiary/aromatic N) is 1. The summed E-state index contributed by atoms with van der Waals surface area (Å²) >= 11 is 5.47. The quantitative estimate of drug-likeness (QED) is 0.596. The Hall–Kier alpha value is -1.17. The second-order valence-corrected chi connectivity index (χ2v) is 4.25. The van der Waals surface area contributed by atoms with Gasteiger partial charge in [0.15, 0.2) is 0 Å². The van der Waals surface area contributed by atoms with E-state index in [0.717, 1.165) is 0 Å². The van der Waals surface area contributed by atoms with Crippen LogP contribution in [0, 0.1) is 0 Å². The Morgan fingerprint density at radius 3 is 2.94 bits per heavy atom. The van der Waals surface area contributed by atoms with Gasteiger partial charge in [-0.15, -0.1) is 11.6 Å². The van der Waals surface area contributed by atoms with Crippen LogP contribution in [-0.2, 0) is 4.74 Å². The molecule has 2 N–H and O–H groups in total. The van der Waals surface area contributed by atoms with Gasteiger partial charge in [-0.25, -0.2) is 9.59 Å². The first-order valence-corrected chi connectivity index (χ1v) is 6.15. The summed E-state index contributed by atoms with van der Waals surface area (Å²) in [5.41, 5.74) is 0. The Balaban J connectivity index is 2.26. The maximum atomic E-state index is 11.3. The molecular weight excluding hydrogens is 248 g/mol. The van der Waals surface area contributed by atoms with Crippen molar-refractivity contribution in [1.29, 1.82) is 0 Å². The third-order valence-electron chi connectivity index (χ3n) is 2.50. The zero-order valence-corrected chi connectivity index (χ0v) is 10.3. The van der Waals surface area contributed by atoms with E-state index in [2.05, 4.69) is 5.32 Å². The van der Waals surface area contributed by atoms with E-state index in [1.807, 2.05) is 0 Å². The minimum absolute atomic E-state index is 0.248. The topological polar surface area (TPSA) is 78.9 Å². The molecule has 0 saturated carbocycles. The SMILES string of the molecule is O=C(NCCCCl)O[C@@H]1CCCN(C(=O)O)C1. The summed E-state index contributed by atoms with van der Waals surface area (Å²) in [5, 5.41) is 11.4. The molecule has 0 radical (unpaired) electrons. The highest BCUT2D eigenvalue weighted by molar-refractivity contribution is 6.17. The normalized spacial score (nSPS) is 19.8. The van der Waals surface area contributed by atoms with Gasteiger partial charge < -0.3 is 20.1 Å². The highest BCUT2D eigenvalue weighted by Gasteiger charge is 2.25. The number of piperidine rings is 1. The maximum Gasteiger partial charge on any atom is 0.407 e. The lowest BCUT2D eigenvalue weighted by Gasteiger charge is -2.30. The molecule has 1 aliphatic heterocycles. The number of rotatable bonds is 4. The largest absolute Gasteiger partial charge is 0.465 e. The van der Waals surface area contributed by atoms with Gasteiger partial charge in [-0.1, -0.05) is 0 Å². The van der Waals surface area contributed by atoms with Crippen LogP contribution in [0.15, 0.2) is 0 Å². The van der Waals surface area contributed by atoms with Crippen LogP contribution < -0.4 is 5.32 Å². The molecule has 0 aromatic heterocycles. The molecule has 17 heavy (non-hydrogen) atoms. The van der Waals surface area contributed by atoms with Crippen molar-refractivity contribution in [2.24, 2.45) is 0 Å². The molecule has 1 atom stereocenters. The summed E-state index contributed by atoms with van der Waals surface area (Å²) in [7, 11) is 0. The number of ether oxygens (including phenoxy) is 1. The van der Waals surface area contributed by atoms with E-state index in [9.17, 15) is 9.59 Å². The molecule has 0 unspecified atom stereocenters. The number of likely N-dealkylation sites (tertiary alicyclic amines) is 1.